The fourth-order valence-corrected chi connectivity index (χ4v) is 0.429. The third-order valence-corrected chi connectivity index (χ3v) is 0.843. The summed E-state index contributed by atoms with van der Waals surface area (Å²) in [6.45, 7) is 5.86. The maximum absolute atomic E-state index is 10.3. The van der Waals surface area contributed by atoms with E-state index in [1.165, 1.54) is 12.3 Å². The van der Waals surface area contributed by atoms with E-state index >= 15 is 0 Å². The van der Waals surface area contributed by atoms with Crippen LogP contribution in [0.5, 0.6) is 0 Å². The van der Waals surface area contributed by atoms with Crippen LogP contribution < -0.4 is 5.63 Å². The molecule has 0 aliphatic rings. The summed E-state index contributed by atoms with van der Waals surface area (Å²) in [6, 6.07) is 3.11. The van der Waals surface area contributed by atoms with Gasteiger partial charge in [-0.05, 0) is 18.6 Å². The summed E-state index contributed by atoms with van der Waals surface area (Å²) < 4.78 is 4.50. The van der Waals surface area contributed by atoms with E-state index in [-0.39, 0.29) is 5.63 Å². The highest BCUT2D eigenvalue weighted by Gasteiger charge is 1.81. The molecule has 1 aromatic rings. The van der Waals surface area contributed by atoms with Gasteiger partial charge in [-0.25, -0.2) is 4.79 Å². The smallest absolute Gasteiger partial charge is 0.335 e. The maximum Gasteiger partial charge on any atom is 0.335 e. The second-order valence-corrected chi connectivity index (χ2v) is 1.63. The van der Waals surface area contributed by atoms with Gasteiger partial charge in [-0.3, -0.25) is 0 Å². The molecule has 0 unspecified atom stereocenters. The van der Waals surface area contributed by atoms with E-state index < -0.39 is 0 Å². The van der Waals surface area contributed by atoms with Crippen molar-refractivity contribution in [2.45, 2.75) is 20.8 Å². The minimum absolute atomic E-state index is 0.296. The van der Waals surface area contributed by atoms with E-state index in [9.17, 15) is 4.79 Å². The van der Waals surface area contributed by atoms with Crippen LogP contribution >= 0.6 is 0 Å². The molecule has 0 aliphatic carbocycles. The summed E-state index contributed by atoms with van der Waals surface area (Å²) in [7, 11) is 0. The van der Waals surface area contributed by atoms with Crippen molar-refractivity contribution in [2.24, 2.45) is 0 Å². The fourth-order valence-electron chi connectivity index (χ4n) is 0.429. The molecule has 1 rings (SSSR count). The van der Waals surface area contributed by atoms with Gasteiger partial charge < -0.3 is 4.42 Å². The van der Waals surface area contributed by atoms with Gasteiger partial charge in [0.1, 0.15) is 0 Å². The van der Waals surface area contributed by atoms with Crippen molar-refractivity contribution in [3.63, 3.8) is 0 Å². The van der Waals surface area contributed by atoms with Crippen LogP contribution in [0.4, 0.5) is 0 Å². The molecule has 0 radical (unpaired) electrons. The first-order chi connectivity index (χ1) is 4.79. The Morgan fingerprint density at radius 2 is 1.90 bits per heavy atom. The first kappa shape index (κ1) is 8.95. The van der Waals surface area contributed by atoms with Crippen LogP contribution in [-0.4, -0.2) is 0 Å². The Hall–Kier alpha value is -1.05. The quantitative estimate of drug-likeness (QED) is 0.551. The van der Waals surface area contributed by atoms with E-state index in [0.717, 1.165) is 5.56 Å². The molecule has 0 saturated heterocycles. The lowest BCUT2D eigenvalue weighted by Gasteiger charge is -1.82. The van der Waals surface area contributed by atoms with Crippen molar-refractivity contribution in [1.29, 1.82) is 0 Å². The normalized spacial score (nSPS) is 7.90. The van der Waals surface area contributed by atoms with Crippen molar-refractivity contribution in [1.82, 2.24) is 0 Å². The molecule has 0 aliphatic heterocycles. The fraction of sp³-hybridized carbons (Fsp3) is 0.375. The predicted octanol–water partition coefficient (Wildman–Crippen LogP) is 1.97. The highest BCUT2D eigenvalue weighted by atomic mass is 16.4. The van der Waals surface area contributed by atoms with Gasteiger partial charge in [0.25, 0.3) is 0 Å². The van der Waals surface area contributed by atoms with Crippen LogP contribution in [0, 0.1) is 6.92 Å². The van der Waals surface area contributed by atoms with Gasteiger partial charge in [-0.15, -0.1) is 0 Å². The summed E-state index contributed by atoms with van der Waals surface area (Å²) in [5.41, 5.74) is 0.667. The van der Waals surface area contributed by atoms with Gasteiger partial charge >= 0.3 is 5.63 Å². The Kier molecular flexibility index (Phi) is 4.29. The minimum atomic E-state index is -0.296. The maximum atomic E-state index is 10.3. The van der Waals surface area contributed by atoms with E-state index in [2.05, 4.69) is 4.42 Å². The number of hydrogen-bond acceptors (Lipinski definition) is 2. The van der Waals surface area contributed by atoms with Crippen molar-refractivity contribution < 1.29 is 4.42 Å². The zero-order chi connectivity index (χ0) is 7.98. The van der Waals surface area contributed by atoms with Gasteiger partial charge in [0.2, 0.25) is 0 Å². The van der Waals surface area contributed by atoms with E-state index in [4.69, 9.17) is 0 Å². The van der Waals surface area contributed by atoms with Crippen LogP contribution in [0.15, 0.2) is 27.6 Å². The molecular weight excluding hydrogens is 128 g/mol. The van der Waals surface area contributed by atoms with Gasteiger partial charge in [-0.2, -0.15) is 0 Å². The van der Waals surface area contributed by atoms with Crippen LogP contribution in [0.25, 0.3) is 0 Å². The van der Waals surface area contributed by atoms with Crippen LogP contribution in [0.1, 0.15) is 19.4 Å². The summed E-state index contributed by atoms with van der Waals surface area (Å²) in [4.78, 5) is 10.3. The molecule has 2 nitrogen and oxygen atoms in total. The highest BCUT2D eigenvalue weighted by Crippen LogP contribution is 1.87. The van der Waals surface area contributed by atoms with Crippen molar-refractivity contribution in [3.05, 3.63) is 34.4 Å². The molecule has 1 heterocycles. The highest BCUT2D eigenvalue weighted by molar-refractivity contribution is 5.02. The molecule has 10 heavy (non-hydrogen) atoms. The molecule has 0 aromatic carbocycles. The van der Waals surface area contributed by atoms with Crippen LogP contribution in [-0.2, 0) is 0 Å². The van der Waals surface area contributed by atoms with Crippen LogP contribution in [0.3, 0.4) is 0 Å². The van der Waals surface area contributed by atoms with Gasteiger partial charge in [0.15, 0.2) is 0 Å². The summed E-state index contributed by atoms with van der Waals surface area (Å²) in [6.07, 6.45) is 1.43. The third kappa shape index (κ3) is 3.07. The third-order valence-electron chi connectivity index (χ3n) is 0.843. The molecule has 0 spiro atoms. The Morgan fingerprint density at radius 1 is 1.30 bits per heavy atom. The van der Waals surface area contributed by atoms with Gasteiger partial charge in [0, 0.05) is 6.07 Å². The predicted molar refractivity (Wildman–Crippen MR) is 41.1 cm³/mol. The van der Waals surface area contributed by atoms with E-state index in [1.54, 1.807) is 6.07 Å². The average molecular weight is 140 g/mol. The molecule has 56 valence electrons. The second-order valence-electron chi connectivity index (χ2n) is 1.63. The number of hydrogen-bond donors (Lipinski definition) is 0. The van der Waals surface area contributed by atoms with E-state index in [0.29, 0.717) is 0 Å². The molecule has 0 N–H and O–H groups in total. The van der Waals surface area contributed by atoms with Crippen molar-refractivity contribution in [3.8, 4) is 0 Å². The van der Waals surface area contributed by atoms with Crippen molar-refractivity contribution >= 4 is 0 Å². The molecule has 1 aromatic heterocycles. The van der Waals surface area contributed by atoms with Crippen molar-refractivity contribution in [2.75, 3.05) is 0 Å². The minimum Gasteiger partial charge on any atom is -0.431 e. The number of aryl methyl sites for hydroxylation is 1. The lowest BCUT2D eigenvalue weighted by atomic mass is 10.3. The standard InChI is InChI=1S/C6H6O2.C2H6/c1-5-2-3-6(7)8-4-5;1-2/h2-4H,1H3;1-2H3. The Labute approximate surface area is 60.5 Å². The zero-order valence-corrected chi connectivity index (χ0v) is 6.55. The molecule has 0 saturated carbocycles. The molecule has 0 bridgehead atoms. The summed E-state index contributed by atoms with van der Waals surface area (Å²) in [5, 5.41) is 0. The molecule has 0 fully saturated rings. The summed E-state index contributed by atoms with van der Waals surface area (Å²) >= 11 is 0. The first-order valence-electron chi connectivity index (χ1n) is 3.34. The second kappa shape index (κ2) is 4.79. The van der Waals surface area contributed by atoms with Gasteiger partial charge in [-0.1, -0.05) is 13.8 Å². The molecule has 0 amide bonds. The Bertz CT molecular complexity index is 204. The average Bonchev–Trinajstić information content (AvgIpc) is 2.00. The SMILES string of the molecule is CC.Cc1ccc(=O)oc1. The monoisotopic (exact) mass is 140 g/mol. The number of rotatable bonds is 0. The Balaban J connectivity index is 0.000000371. The molecule has 2 heteroatoms. The van der Waals surface area contributed by atoms with E-state index in [1.807, 2.05) is 20.8 Å². The zero-order valence-electron chi connectivity index (χ0n) is 6.55. The van der Waals surface area contributed by atoms with Gasteiger partial charge in [0.05, 0.1) is 6.26 Å². The summed E-state index contributed by atoms with van der Waals surface area (Å²) in [5.74, 6) is 0. The molecular formula is C8H12O2. The lowest BCUT2D eigenvalue weighted by molar-refractivity contribution is 0.507. The van der Waals surface area contributed by atoms with Crippen LogP contribution in [0.2, 0.25) is 0 Å². The first-order valence-corrected chi connectivity index (χ1v) is 3.34. The lowest BCUT2D eigenvalue weighted by Crippen LogP contribution is -1.92. The topological polar surface area (TPSA) is 30.2 Å². The molecule has 0 atom stereocenters. The largest absolute Gasteiger partial charge is 0.431 e. The Morgan fingerprint density at radius 3 is 2.20 bits per heavy atom.